The minimum atomic E-state index is -0.723. The average molecular weight is 340 g/mol. The Balaban J connectivity index is 2.17. The van der Waals surface area contributed by atoms with E-state index in [1.165, 1.54) is 0 Å². The second-order valence-electron chi connectivity index (χ2n) is 5.84. The van der Waals surface area contributed by atoms with E-state index in [1.807, 2.05) is 12.1 Å². The summed E-state index contributed by atoms with van der Waals surface area (Å²) in [7, 11) is 3.15. The van der Waals surface area contributed by atoms with E-state index >= 15 is 0 Å². The predicted octanol–water partition coefficient (Wildman–Crippen LogP) is 3.02. The zero-order chi connectivity index (χ0) is 18.0. The minimum Gasteiger partial charge on any atom is -0.493 e. The molecule has 0 bridgehead atoms. The summed E-state index contributed by atoms with van der Waals surface area (Å²) < 4.78 is 16.2. The van der Waals surface area contributed by atoms with E-state index in [0.717, 1.165) is 29.7 Å². The molecule has 25 heavy (non-hydrogen) atoms. The first kappa shape index (κ1) is 16.8. The lowest BCUT2D eigenvalue weighted by molar-refractivity contribution is 0.354. The number of nitriles is 1. The minimum absolute atomic E-state index is 0.0932. The molecule has 2 heterocycles. The van der Waals surface area contributed by atoms with Crippen LogP contribution in [0.25, 0.3) is 0 Å². The van der Waals surface area contributed by atoms with E-state index in [2.05, 4.69) is 23.2 Å². The van der Waals surface area contributed by atoms with Crippen molar-refractivity contribution in [2.75, 3.05) is 14.2 Å². The molecule has 2 atom stereocenters. The van der Waals surface area contributed by atoms with Crippen LogP contribution in [0.4, 0.5) is 0 Å². The maximum Gasteiger partial charge on any atom is 0.243 e. The Morgan fingerprint density at radius 2 is 2.08 bits per heavy atom. The molecule has 7 nitrogen and oxygen atoms in total. The van der Waals surface area contributed by atoms with Gasteiger partial charge in [0.2, 0.25) is 11.8 Å². The van der Waals surface area contributed by atoms with Crippen LogP contribution in [0.15, 0.2) is 18.2 Å². The smallest absolute Gasteiger partial charge is 0.243 e. The fourth-order valence-electron chi connectivity index (χ4n) is 3.23. The topological polar surface area (TPSA) is 104 Å². The van der Waals surface area contributed by atoms with E-state index in [4.69, 9.17) is 19.6 Å². The van der Waals surface area contributed by atoms with Crippen molar-refractivity contribution in [3.8, 4) is 23.4 Å². The maximum atomic E-state index is 9.65. The SMILES string of the molecule is CCCc1[nH]nc2c1C(c1ccc(OC)c(OC)c1)C(C#N)C(=N)O2. The number of aryl methyl sites for hydroxylation is 1. The van der Waals surface area contributed by atoms with Gasteiger partial charge in [-0.15, -0.1) is 5.10 Å². The molecule has 0 spiro atoms. The van der Waals surface area contributed by atoms with E-state index in [-0.39, 0.29) is 11.8 Å². The van der Waals surface area contributed by atoms with Crippen LogP contribution in [0.1, 0.15) is 36.1 Å². The summed E-state index contributed by atoms with van der Waals surface area (Å²) >= 11 is 0. The summed E-state index contributed by atoms with van der Waals surface area (Å²) in [4.78, 5) is 0. The van der Waals surface area contributed by atoms with Crippen molar-refractivity contribution in [3.05, 3.63) is 35.0 Å². The summed E-state index contributed by atoms with van der Waals surface area (Å²) in [5.41, 5.74) is 2.64. The number of rotatable bonds is 5. The Kier molecular flexibility index (Phi) is 4.61. The molecule has 0 aliphatic carbocycles. The highest BCUT2D eigenvalue weighted by molar-refractivity contribution is 5.84. The van der Waals surface area contributed by atoms with Gasteiger partial charge in [0.25, 0.3) is 0 Å². The zero-order valence-electron chi connectivity index (χ0n) is 14.4. The number of H-pyrrole nitrogens is 1. The summed E-state index contributed by atoms with van der Waals surface area (Å²) in [6, 6.07) is 7.75. The van der Waals surface area contributed by atoms with Gasteiger partial charge < -0.3 is 14.2 Å². The average Bonchev–Trinajstić information content (AvgIpc) is 3.02. The van der Waals surface area contributed by atoms with Crippen LogP contribution >= 0.6 is 0 Å². The number of hydrogen-bond acceptors (Lipinski definition) is 6. The zero-order valence-corrected chi connectivity index (χ0v) is 14.4. The molecule has 7 heteroatoms. The molecule has 0 radical (unpaired) electrons. The van der Waals surface area contributed by atoms with Crippen LogP contribution in [-0.4, -0.2) is 30.3 Å². The molecular weight excluding hydrogens is 320 g/mol. The molecule has 1 aliphatic heterocycles. The first-order valence-corrected chi connectivity index (χ1v) is 8.09. The monoisotopic (exact) mass is 340 g/mol. The first-order valence-electron chi connectivity index (χ1n) is 8.09. The molecule has 130 valence electrons. The van der Waals surface area contributed by atoms with Crippen molar-refractivity contribution in [3.63, 3.8) is 0 Å². The van der Waals surface area contributed by atoms with Gasteiger partial charge in [0.05, 0.1) is 20.3 Å². The molecule has 0 saturated heterocycles. The lowest BCUT2D eigenvalue weighted by Crippen LogP contribution is -2.31. The predicted molar refractivity (Wildman–Crippen MR) is 91.4 cm³/mol. The highest BCUT2D eigenvalue weighted by Gasteiger charge is 2.40. The number of ether oxygens (including phenoxy) is 3. The highest BCUT2D eigenvalue weighted by Crippen LogP contribution is 2.44. The number of nitrogens with zero attached hydrogens (tertiary/aromatic N) is 2. The first-order chi connectivity index (χ1) is 12.1. The van der Waals surface area contributed by atoms with Crippen molar-refractivity contribution in [2.24, 2.45) is 5.92 Å². The van der Waals surface area contributed by atoms with E-state index < -0.39 is 5.92 Å². The molecule has 2 N–H and O–H groups in total. The van der Waals surface area contributed by atoms with Crippen LogP contribution in [0.5, 0.6) is 17.4 Å². The van der Waals surface area contributed by atoms with Gasteiger partial charge in [0, 0.05) is 17.2 Å². The lowest BCUT2D eigenvalue weighted by atomic mass is 9.79. The van der Waals surface area contributed by atoms with Crippen LogP contribution in [0, 0.1) is 22.7 Å². The third-order valence-corrected chi connectivity index (χ3v) is 4.39. The number of benzene rings is 1. The van der Waals surface area contributed by atoms with Gasteiger partial charge in [-0.3, -0.25) is 10.5 Å². The molecule has 1 aromatic heterocycles. The van der Waals surface area contributed by atoms with E-state index in [9.17, 15) is 5.26 Å². The summed E-state index contributed by atoms with van der Waals surface area (Å²) in [5.74, 6) is 0.407. The Morgan fingerprint density at radius 1 is 1.32 bits per heavy atom. The Hall–Kier alpha value is -3.01. The Labute approximate surface area is 146 Å². The third-order valence-electron chi connectivity index (χ3n) is 4.39. The quantitative estimate of drug-likeness (QED) is 0.870. The van der Waals surface area contributed by atoms with Crippen molar-refractivity contribution >= 4 is 5.90 Å². The summed E-state index contributed by atoms with van der Waals surface area (Å²) in [6.07, 6.45) is 1.73. The number of methoxy groups -OCH3 is 2. The summed E-state index contributed by atoms with van der Waals surface area (Å²) in [5, 5.41) is 24.9. The molecular formula is C18H20N4O3. The number of aromatic nitrogens is 2. The van der Waals surface area contributed by atoms with Crippen LogP contribution in [0.3, 0.4) is 0 Å². The highest BCUT2D eigenvalue weighted by atomic mass is 16.5. The second kappa shape index (κ2) is 6.85. The van der Waals surface area contributed by atoms with Crippen molar-refractivity contribution in [1.29, 1.82) is 10.7 Å². The Bertz CT molecular complexity index is 837. The van der Waals surface area contributed by atoms with Gasteiger partial charge in [-0.1, -0.05) is 19.4 Å². The van der Waals surface area contributed by atoms with Crippen LogP contribution < -0.4 is 14.2 Å². The molecule has 0 amide bonds. The number of hydrogen-bond donors (Lipinski definition) is 2. The van der Waals surface area contributed by atoms with Gasteiger partial charge in [0.15, 0.2) is 11.5 Å². The van der Waals surface area contributed by atoms with Crippen molar-refractivity contribution < 1.29 is 14.2 Å². The van der Waals surface area contributed by atoms with Gasteiger partial charge >= 0.3 is 0 Å². The van der Waals surface area contributed by atoms with Gasteiger partial charge in [-0.05, 0) is 24.1 Å². The fourth-order valence-corrected chi connectivity index (χ4v) is 3.23. The number of fused-ring (bicyclic) bond motifs is 1. The molecule has 1 aromatic carbocycles. The van der Waals surface area contributed by atoms with Gasteiger partial charge in [-0.2, -0.15) is 5.26 Å². The standard InChI is InChI=1S/C18H20N4O3/c1-4-5-12-16-15(10-6-7-13(23-2)14(8-10)24-3)11(9-19)17(20)25-18(16)22-21-12/h6-8,11,15,20H,4-5H2,1-3H3,(H,21,22). The second-order valence-corrected chi connectivity index (χ2v) is 5.84. The molecule has 2 unspecified atom stereocenters. The van der Waals surface area contributed by atoms with Crippen molar-refractivity contribution in [1.82, 2.24) is 10.2 Å². The molecule has 3 rings (SSSR count). The normalized spacial score (nSPS) is 18.9. The van der Waals surface area contributed by atoms with Gasteiger partial charge in [-0.25, -0.2) is 0 Å². The summed E-state index contributed by atoms with van der Waals surface area (Å²) in [6.45, 7) is 2.08. The number of aromatic amines is 1. The lowest BCUT2D eigenvalue weighted by Gasteiger charge is -2.28. The molecule has 0 saturated carbocycles. The van der Waals surface area contributed by atoms with Gasteiger partial charge in [0.1, 0.15) is 5.92 Å². The largest absolute Gasteiger partial charge is 0.493 e. The van der Waals surface area contributed by atoms with Crippen molar-refractivity contribution in [2.45, 2.75) is 25.7 Å². The molecule has 0 fully saturated rings. The maximum absolute atomic E-state index is 9.65. The van der Waals surface area contributed by atoms with E-state index in [1.54, 1.807) is 20.3 Å². The number of nitrogens with one attached hydrogen (secondary N) is 2. The third kappa shape index (κ3) is 2.80. The molecule has 2 aromatic rings. The van der Waals surface area contributed by atoms with Crippen LogP contribution in [0.2, 0.25) is 0 Å². The Morgan fingerprint density at radius 3 is 2.72 bits per heavy atom. The fraction of sp³-hybridized carbons (Fsp3) is 0.389. The molecule has 1 aliphatic rings. The van der Waals surface area contributed by atoms with Crippen LogP contribution in [-0.2, 0) is 6.42 Å². The van der Waals surface area contributed by atoms with E-state index in [0.29, 0.717) is 17.4 Å².